The molecule has 0 bridgehead atoms. The molecule has 2 amide bonds. The second-order valence-electron chi connectivity index (χ2n) is 9.17. The van der Waals surface area contributed by atoms with Gasteiger partial charge < -0.3 is 14.8 Å². The van der Waals surface area contributed by atoms with Gasteiger partial charge >= 0.3 is 0 Å². The van der Waals surface area contributed by atoms with Crippen LogP contribution in [-0.2, 0) is 24.3 Å². The van der Waals surface area contributed by atoms with Crippen LogP contribution in [0.4, 0.5) is 0 Å². The molecule has 1 atom stereocenters. The lowest BCUT2D eigenvalue weighted by molar-refractivity contribution is -0.133. The van der Waals surface area contributed by atoms with Crippen LogP contribution in [0, 0.1) is 0 Å². The number of carbonyl (C=O) groups excluding carboxylic acids is 2. The average Bonchev–Trinajstić information content (AvgIpc) is 3.26. The maximum atomic E-state index is 13.8. The summed E-state index contributed by atoms with van der Waals surface area (Å²) < 4.78 is 2.00. The van der Waals surface area contributed by atoms with E-state index in [1.807, 2.05) is 72.2 Å². The van der Waals surface area contributed by atoms with E-state index in [2.05, 4.69) is 35.8 Å². The van der Waals surface area contributed by atoms with Gasteiger partial charge in [0.15, 0.2) is 0 Å². The lowest BCUT2D eigenvalue weighted by Gasteiger charge is -2.44. The van der Waals surface area contributed by atoms with Gasteiger partial charge in [-0.3, -0.25) is 9.59 Å². The first-order chi connectivity index (χ1) is 17.0. The van der Waals surface area contributed by atoms with Crippen LogP contribution < -0.4 is 5.32 Å². The first kappa shape index (κ1) is 23.2. The molecule has 1 N–H and O–H groups in total. The summed E-state index contributed by atoms with van der Waals surface area (Å²) >= 11 is 1.71. The van der Waals surface area contributed by atoms with Crippen molar-refractivity contribution in [2.45, 2.75) is 36.9 Å². The molecule has 178 valence electrons. The van der Waals surface area contributed by atoms with E-state index in [0.29, 0.717) is 31.7 Å². The monoisotopic (exact) mass is 483 g/mol. The molecule has 1 aliphatic heterocycles. The number of nitrogens with one attached hydrogen (secondary N) is 1. The van der Waals surface area contributed by atoms with Gasteiger partial charge in [0, 0.05) is 28.9 Å². The van der Waals surface area contributed by atoms with Gasteiger partial charge in [0.2, 0.25) is 5.91 Å². The number of hydrogen-bond acceptors (Lipinski definition) is 3. The van der Waals surface area contributed by atoms with Crippen LogP contribution in [-0.4, -0.2) is 39.6 Å². The third kappa shape index (κ3) is 4.46. The highest BCUT2D eigenvalue weighted by Gasteiger charge is 2.47. The third-order valence-corrected chi connectivity index (χ3v) is 7.65. The number of nitrogens with zero attached hydrogens (tertiary/aromatic N) is 2. The van der Waals surface area contributed by atoms with E-state index in [-0.39, 0.29) is 11.8 Å². The summed E-state index contributed by atoms with van der Waals surface area (Å²) in [6.07, 6.45) is 2.74. The number of benzene rings is 3. The van der Waals surface area contributed by atoms with E-state index < -0.39 is 5.54 Å². The molecule has 0 saturated heterocycles. The smallest absolute Gasteiger partial charge is 0.271 e. The van der Waals surface area contributed by atoms with Gasteiger partial charge in [-0.15, -0.1) is 11.8 Å². The van der Waals surface area contributed by atoms with Crippen LogP contribution in [0.1, 0.15) is 28.5 Å². The van der Waals surface area contributed by atoms with Crippen molar-refractivity contribution in [3.05, 3.63) is 102 Å². The molecule has 0 unspecified atom stereocenters. The summed E-state index contributed by atoms with van der Waals surface area (Å²) in [5.74, 6) is -0.249. The van der Waals surface area contributed by atoms with E-state index in [1.54, 1.807) is 16.7 Å². The molecular formula is C29H29N3O2S. The van der Waals surface area contributed by atoms with Crippen molar-refractivity contribution in [3.63, 3.8) is 0 Å². The van der Waals surface area contributed by atoms with Crippen molar-refractivity contribution in [2.24, 2.45) is 0 Å². The molecule has 5 nitrogen and oxygen atoms in total. The van der Waals surface area contributed by atoms with Gasteiger partial charge in [0.05, 0.1) is 6.54 Å². The molecule has 0 radical (unpaired) electrons. The Morgan fingerprint density at radius 1 is 0.971 bits per heavy atom. The number of fused-ring (bicyclic) bond motifs is 3. The van der Waals surface area contributed by atoms with E-state index in [9.17, 15) is 9.59 Å². The SMILES string of the molecule is CSc1ccc(CCN2C(=O)c3cc4ccccc4n3C[C@@]2(C)C(=O)NCc2ccccc2)cc1. The summed E-state index contributed by atoms with van der Waals surface area (Å²) in [6, 6.07) is 28.2. The van der Waals surface area contributed by atoms with Gasteiger partial charge in [0.1, 0.15) is 11.2 Å². The zero-order valence-electron chi connectivity index (χ0n) is 20.0. The van der Waals surface area contributed by atoms with E-state index >= 15 is 0 Å². The van der Waals surface area contributed by atoms with Crippen molar-refractivity contribution in [3.8, 4) is 0 Å². The fourth-order valence-corrected chi connectivity index (χ4v) is 5.27. The van der Waals surface area contributed by atoms with Crippen LogP contribution in [0.25, 0.3) is 10.9 Å². The molecule has 0 spiro atoms. The summed E-state index contributed by atoms with van der Waals surface area (Å²) in [7, 11) is 0. The lowest BCUT2D eigenvalue weighted by atomic mass is 9.93. The van der Waals surface area contributed by atoms with Gasteiger partial charge in [-0.05, 0) is 55.0 Å². The first-order valence-corrected chi connectivity index (χ1v) is 13.1. The predicted molar refractivity (Wildman–Crippen MR) is 142 cm³/mol. The van der Waals surface area contributed by atoms with Crippen molar-refractivity contribution in [1.29, 1.82) is 0 Å². The van der Waals surface area contributed by atoms with Gasteiger partial charge in [-0.25, -0.2) is 0 Å². The van der Waals surface area contributed by atoms with Crippen LogP contribution in [0.3, 0.4) is 0 Å². The normalized spacial score (nSPS) is 17.4. The maximum Gasteiger partial charge on any atom is 0.271 e. The Kier molecular flexibility index (Phi) is 6.39. The number of para-hydroxylation sites is 1. The number of hydrogen-bond donors (Lipinski definition) is 1. The largest absolute Gasteiger partial charge is 0.350 e. The Labute approximate surface area is 210 Å². The van der Waals surface area contributed by atoms with Crippen molar-refractivity contribution in [1.82, 2.24) is 14.8 Å². The quantitative estimate of drug-likeness (QED) is 0.371. The summed E-state index contributed by atoms with van der Waals surface area (Å²) in [5.41, 5.74) is 2.77. The zero-order chi connectivity index (χ0) is 24.4. The topological polar surface area (TPSA) is 54.3 Å². The van der Waals surface area contributed by atoms with Gasteiger partial charge in [-0.1, -0.05) is 60.7 Å². The average molecular weight is 484 g/mol. The second-order valence-corrected chi connectivity index (χ2v) is 10.1. The molecule has 1 aromatic heterocycles. The zero-order valence-corrected chi connectivity index (χ0v) is 20.8. The molecule has 0 aliphatic carbocycles. The highest BCUT2D eigenvalue weighted by atomic mass is 32.2. The highest BCUT2D eigenvalue weighted by Crippen LogP contribution is 2.32. The van der Waals surface area contributed by atoms with Gasteiger partial charge in [0.25, 0.3) is 5.91 Å². The van der Waals surface area contributed by atoms with Crippen LogP contribution in [0.15, 0.2) is 89.8 Å². The molecule has 5 rings (SSSR count). The minimum atomic E-state index is -1.01. The molecule has 0 saturated carbocycles. The fraction of sp³-hybridized carbons (Fsp3) is 0.241. The van der Waals surface area contributed by atoms with E-state index in [0.717, 1.165) is 22.0 Å². The summed E-state index contributed by atoms with van der Waals surface area (Å²) in [6.45, 7) is 3.19. The van der Waals surface area contributed by atoms with Crippen molar-refractivity contribution < 1.29 is 9.59 Å². The minimum Gasteiger partial charge on any atom is -0.350 e. The Balaban J connectivity index is 1.46. The Morgan fingerprint density at radius 3 is 2.43 bits per heavy atom. The molecule has 6 heteroatoms. The lowest BCUT2D eigenvalue weighted by Crippen LogP contribution is -2.64. The molecule has 35 heavy (non-hydrogen) atoms. The molecular weight excluding hydrogens is 454 g/mol. The Morgan fingerprint density at radius 2 is 1.69 bits per heavy atom. The van der Waals surface area contributed by atoms with Crippen LogP contribution >= 0.6 is 11.8 Å². The molecule has 4 aromatic rings. The molecule has 2 heterocycles. The Hall–Kier alpha value is -3.51. The second kappa shape index (κ2) is 9.62. The standard InChI is InChI=1S/C29H29N3O2S/c1-29(28(34)30-19-22-8-4-3-5-9-22)20-31-25-11-7-6-10-23(25)18-26(31)27(33)32(29)17-16-21-12-14-24(35-2)15-13-21/h3-15,18H,16-17,19-20H2,1-2H3,(H,30,34)/t29-/m0/s1. The minimum absolute atomic E-state index is 0.106. The van der Waals surface area contributed by atoms with Crippen molar-refractivity contribution in [2.75, 3.05) is 12.8 Å². The molecule has 3 aromatic carbocycles. The molecule has 1 aliphatic rings. The molecule has 0 fully saturated rings. The number of thioether (sulfide) groups is 1. The van der Waals surface area contributed by atoms with Crippen LogP contribution in [0.2, 0.25) is 0 Å². The summed E-state index contributed by atoms with van der Waals surface area (Å²) in [5, 5.41) is 4.11. The number of rotatable bonds is 7. The predicted octanol–water partition coefficient (Wildman–Crippen LogP) is 5.14. The first-order valence-electron chi connectivity index (χ1n) is 11.8. The third-order valence-electron chi connectivity index (χ3n) is 6.90. The fourth-order valence-electron chi connectivity index (χ4n) is 4.86. The number of carbonyl (C=O) groups is 2. The van der Waals surface area contributed by atoms with Crippen LogP contribution in [0.5, 0.6) is 0 Å². The van der Waals surface area contributed by atoms with E-state index in [4.69, 9.17) is 0 Å². The van der Waals surface area contributed by atoms with Crippen molar-refractivity contribution >= 4 is 34.5 Å². The maximum absolute atomic E-state index is 13.8. The van der Waals surface area contributed by atoms with E-state index in [1.165, 1.54) is 4.90 Å². The Bertz CT molecular complexity index is 1360. The van der Waals surface area contributed by atoms with Gasteiger partial charge in [-0.2, -0.15) is 0 Å². The summed E-state index contributed by atoms with van der Waals surface area (Å²) in [4.78, 5) is 30.5. The number of amides is 2. The number of aromatic nitrogens is 1. The highest BCUT2D eigenvalue weighted by molar-refractivity contribution is 7.98.